The van der Waals surface area contributed by atoms with E-state index in [-0.39, 0.29) is 60.8 Å². The molecule has 0 heterocycles. The number of ketones is 1. The van der Waals surface area contributed by atoms with E-state index in [9.17, 15) is 110 Å². The van der Waals surface area contributed by atoms with Crippen molar-refractivity contribution < 1.29 is 134 Å². The van der Waals surface area contributed by atoms with Crippen LogP contribution in [-0.2, 0) is 78.5 Å². The number of fused-ring (bicyclic) bond motifs is 2. The average molecular weight is 1550 g/mol. The Bertz CT molecular complexity index is 3080. The summed E-state index contributed by atoms with van der Waals surface area (Å²) in [4.78, 5) is 81.5. The Morgan fingerprint density at radius 2 is 0.914 bits per heavy atom. The van der Waals surface area contributed by atoms with Gasteiger partial charge in [-0.15, -0.1) is 0 Å². The predicted molar refractivity (Wildman–Crippen MR) is 369 cm³/mol. The number of hydrogen-bond donors (Lipinski definition) is 4. The number of alkyl halides is 12. The smallest absolute Gasteiger partial charge is 0.432 e. The molecule has 3 fully saturated rings. The van der Waals surface area contributed by atoms with E-state index in [1.165, 1.54) is 20.8 Å². The minimum absolute atomic E-state index is 0.0162. The first-order valence-corrected chi connectivity index (χ1v) is 37.2. The molecule has 0 saturated heterocycles. The highest BCUT2D eigenvalue weighted by Crippen LogP contribution is 2.53. The number of ether oxygens (including phenoxy) is 5. The summed E-state index contributed by atoms with van der Waals surface area (Å²) >= 11 is 0. The molecule has 0 spiro atoms. The topological polar surface area (TPSA) is 272 Å². The number of carbonyl (C=O) groups excluding carboxylic acids is 7. The number of hydrogen-bond acceptors (Lipinski definition) is 17. The van der Waals surface area contributed by atoms with Gasteiger partial charge in [-0.25, -0.2) is 8.42 Å². The van der Waals surface area contributed by atoms with Crippen LogP contribution in [0.15, 0.2) is 24.3 Å². The summed E-state index contributed by atoms with van der Waals surface area (Å²) in [7, 11) is -3.48. The van der Waals surface area contributed by atoms with E-state index in [1.807, 2.05) is 20.8 Å². The molecule has 105 heavy (non-hydrogen) atoms. The Labute approximate surface area is 613 Å². The summed E-state index contributed by atoms with van der Waals surface area (Å²) in [6, 6.07) is 2.97. The van der Waals surface area contributed by atoms with E-state index in [4.69, 9.17) is 23.7 Å². The van der Waals surface area contributed by atoms with Gasteiger partial charge in [0.1, 0.15) is 37.6 Å². The molecule has 0 aromatic heterocycles. The van der Waals surface area contributed by atoms with E-state index >= 15 is 0 Å². The summed E-state index contributed by atoms with van der Waals surface area (Å²) in [5, 5.41) is 28.7. The number of esters is 5. The van der Waals surface area contributed by atoms with Gasteiger partial charge in [0.05, 0.1) is 26.9 Å². The van der Waals surface area contributed by atoms with Crippen molar-refractivity contribution in [1.29, 1.82) is 0 Å². The summed E-state index contributed by atoms with van der Waals surface area (Å²) in [5.74, 6) is -3.22. The highest BCUT2D eigenvalue weighted by molar-refractivity contribution is 7.90. The zero-order valence-electron chi connectivity index (χ0n) is 65.3. The van der Waals surface area contributed by atoms with Crippen molar-refractivity contribution >= 4 is 51.6 Å². The van der Waals surface area contributed by atoms with Crippen LogP contribution in [0.25, 0.3) is 0 Å². The van der Waals surface area contributed by atoms with Crippen LogP contribution in [0, 0.1) is 50.7 Å². The van der Waals surface area contributed by atoms with Gasteiger partial charge < -0.3 is 39.0 Å². The number of rotatable bonds is 28. The van der Waals surface area contributed by atoms with Crippen LogP contribution in [0.4, 0.5) is 52.7 Å². The molecule has 18 nitrogen and oxygen atoms in total. The second-order valence-corrected chi connectivity index (χ2v) is 34.1. The first-order chi connectivity index (χ1) is 47.1. The SMILES string of the molecule is CCC(C)(C)C(=O)NS(=O)(=O)C1CCCCC1.CCC(C)(C)C(=O)OC(C)(c1ccc(C(C)(O)C(F)(F)F)cc1)C(F)(F)F.CCC(C)(C)C(=O)OC(CC(C)(O)C(F)(F)F)C(C)C.CCC(C)(C)C(=O)OC(CC(C)(O)C(F)(F)F)C1CC2CCC1C2.CCC(C)(C)C(=O)OCCOC(=O)CC(C)=O. The molecular weight excluding hydrogens is 1430 g/mol. The second-order valence-electron chi connectivity index (χ2n) is 32.1. The molecule has 612 valence electrons. The van der Waals surface area contributed by atoms with Crippen LogP contribution in [-0.4, -0.2) is 132 Å². The average Bonchev–Trinajstić information content (AvgIpc) is 0.995. The molecular formula is C74H119F12NO17S. The molecule has 4 rings (SSSR count). The van der Waals surface area contributed by atoms with E-state index in [0.717, 1.165) is 76.1 Å². The Kier molecular flexibility index (Phi) is 36.9. The third-order valence-electron chi connectivity index (χ3n) is 20.8. The van der Waals surface area contributed by atoms with Gasteiger partial charge in [-0.3, -0.25) is 38.3 Å². The first-order valence-electron chi connectivity index (χ1n) is 35.7. The van der Waals surface area contributed by atoms with E-state index in [2.05, 4.69) is 4.72 Å². The fourth-order valence-electron chi connectivity index (χ4n) is 10.1. The number of aliphatic hydroxyl groups is 3. The number of halogens is 12. The lowest BCUT2D eigenvalue weighted by molar-refractivity contribution is -0.273. The Balaban J connectivity index is 0.00000130. The second kappa shape index (κ2) is 38.9. The van der Waals surface area contributed by atoms with Crippen molar-refractivity contribution in [2.24, 2.45) is 50.7 Å². The van der Waals surface area contributed by atoms with Crippen molar-refractivity contribution in [3.05, 3.63) is 35.4 Å². The lowest BCUT2D eigenvalue weighted by atomic mass is 9.80. The molecule has 3 aliphatic rings. The number of carbonyl (C=O) groups is 7. The minimum atomic E-state index is -5.01. The fraction of sp³-hybridized carbons (Fsp3) is 0.824. The minimum Gasteiger partial charge on any atom is -0.462 e. The molecule has 9 atom stereocenters. The van der Waals surface area contributed by atoms with Gasteiger partial charge in [0.2, 0.25) is 21.5 Å². The van der Waals surface area contributed by atoms with Gasteiger partial charge in [0.25, 0.3) is 0 Å². The van der Waals surface area contributed by atoms with E-state index in [1.54, 1.807) is 83.1 Å². The maximum atomic E-state index is 13.7. The third kappa shape index (κ3) is 29.9. The molecule has 3 saturated carbocycles. The van der Waals surface area contributed by atoms with E-state index < -0.39 is 144 Å². The number of Topliss-reactive ketones (excluding diaryl/α,β-unsaturated/α-hetero) is 1. The Hall–Kier alpha value is -5.30. The number of sulfonamides is 1. The summed E-state index contributed by atoms with van der Waals surface area (Å²) in [5.41, 5.74) is -17.0. The lowest BCUT2D eigenvalue weighted by Crippen LogP contribution is -2.48. The molecule has 1 amide bonds. The van der Waals surface area contributed by atoms with Gasteiger partial charge >= 0.3 is 54.6 Å². The molecule has 3 aliphatic carbocycles. The van der Waals surface area contributed by atoms with Crippen molar-refractivity contribution in [1.82, 2.24) is 4.72 Å². The Morgan fingerprint density at radius 3 is 1.30 bits per heavy atom. The van der Waals surface area contributed by atoms with Crippen LogP contribution < -0.4 is 4.72 Å². The number of nitrogens with one attached hydrogen (secondary N) is 1. The van der Waals surface area contributed by atoms with Crippen molar-refractivity contribution in [2.45, 2.75) is 326 Å². The molecule has 31 heteroatoms. The molecule has 0 radical (unpaired) electrons. The van der Waals surface area contributed by atoms with Crippen molar-refractivity contribution in [2.75, 3.05) is 13.2 Å². The summed E-state index contributed by atoms with van der Waals surface area (Å²) in [6.07, 6.45) is -12.1. The maximum Gasteiger partial charge on any atom is 0.432 e. The molecule has 9 unspecified atom stereocenters. The van der Waals surface area contributed by atoms with Crippen LogP contribution in [0.3, 0.4) is 0 Å². The predicted octanol–water partition coefficient (Wildman–Crippen LogP) is 17.1. The summed E-state index contributed by atoms with van der Waals surface area (Å²) < 4.78 is 209. The van der Waals surface area contributed by atoms with Gasteiger partial charge in [0, 0.05) is 23.8 Å². The largest absolute Gasteiger partial charge is 0.462 e. The highest BCUT2D eigenvalue weighted by atomic mass is 32.2. The lowest BCUT2D eigenvalue weighted by Gasteiger charge is -2.37. The zero-order valence-corrected chi connectivity index (χ0v) is 66.1. The molecule has 1 aromatic rings. The fourth-order valence-corrected chi connectivity index (χ4v) is 11.8. The third-order valence-corrected chi connectivity index (χ3v) is 22.6. The van der Waals surface area contributed by atoms with Gasteiger partial charge in [0.15, 0.2) is 16.8 Å². The van der Waals surface area contributed by atoms with Gasteiger partial charge in [-0.1, -0.05) is 112 Å². The highest BCUT2D eigenvalue weighted by Gasteiger charge is 2.59. The monoisotopic (exact) mass is 1550 g/mol. The van der Waals surface area contributed by atoms with E-state index in [0.29, 0.717) is 71.1 Å². The van der Waals surface area contributed by atoms with Crippen LogP contribution in [0.1, 0.15) is 273 Å². The van der Waals surface area contributed by atoms with Crippen molar-refractivity contribution in [3.63, 3.8) is 0 Å². The molecule has 2 bridgehead atoms. The molecule has 0 aliphatic heterocycles. The van der Waals surface area contributed by atoms with Gasteiger partial charge in [-0.05, 0) is 183 Å². The van der Waals surface area contributed by atoms with Crippen LogP contribution >= 0.6 is 0 Å². The first kappa shape index (κ1) is 99.7. The zero-order chi connectivity index (χ0) is 82.7. The quantitative estimate of drug-likeness (QED) is 0.0200. The van der Waals surface area contributed by atoms with Crippen LogP contribution in [0.5, 0.6) is 0 Å². The van der Waals surface area contributed by atoms with Crippen LogP contribution in [0.2, 0.25) is 0 Å². The molecule has 1 aromatic carbocycles. The molecule has 4 N–H and O–H groups in total. The normalized spacial score (nSPS) is 19.8. The maximum absolute atomic E-state index is 13.7. The Morgan fingerprint density at radius 1 is 0.505 bits per heavy atom. The standard InChI is InChI=1S/C18H22F6O3.C18H29F3O3.C14H25F3O3.C12H23NO3S.C12H20O5/c1-6-14(2,3)13(25)27-16(5,18(22,23)24)12-9-7-11(8-10-12)15(4,26)17(19,20)21;1-5-16(2,3)15(22)24-14(10-17(4,23)18(19,20)21)13-9-11-6-7-12(13)8-11;1-7-12(4,5)11(18)20-10(9(2)3)8-13(6,19)14(15,16)17;1-4-12(2,3)11(14)13-17(15,16)10-8-6-5-7-9-10;1-5-12(3,4)11(15)17-7-6-16-10(14)8-9(2)13/h7-10,26H,6H2,1-5H3;11-14,23H,5-10H2,1-4H3;9-10,19H,7-8H2,1-6H3;10H,4-9H2,1-3H3,(H,13,14);5-8H2,1-4H3. The van der Waals surface area contributed by atoms with Gasteiger partial charge in [-0.2, -0.15) is 52.7 Å². The number of benzene rings is 1. The summed E-state index contributed by atoms with van der Waals surface area (Å²) in [6.45, 7) is 33.0. The van der Waals surface area contributed by atoms with Crippen molar-refractivity contribution in [3.8, 4) is 0 Å². The number of amides is 1.